The van der Waals surface area contributed by atoms with Crippen LogP contribution in [0.2, 0.25) is 0 Å². The van der Waals surface area contributed by atoms with Gasteiger partial charge in [0.1, 0.15) is 5.75 Å². The lowest BCUT2D eigenvalue weighted by Crippen LogP contribution is -2.31. The number of methoxy groups -OCH3 is 1. The average Bonchev–Trinajstić information content (AvgIpc) is 3.51. The van der Waals surface area contributed by atoms with Gasteiger partial charge in [0.05, 0.1) is 18.9 Å². The Kier molecular flexibility index (Phi) is 6.54. The van der Waals surface area contributed by atoms with Crippen molar-refractivity contribution < 1.29 is 9.53 Å². The van der Waals surface area contributed by atoms with Crippen LogP contribution in [0.25, 0.3) is 0 Å². The smallest absolute Gasteiger partial charge is 0.230 e. The summed E-state index contributed by atoms with van der Waals surface area (Å²) in [7, 11) is 1.64. The second-order valence-electron chi connectivity index (χ2n) is 7.31. The molecule has 0 saturated heterocycles. The number of nitrogens with zero attached hydrogens (tertiary/aromatic N) is 2. The Morgan fingerprint density at radius 1 is 1.23 bits per heavy atom. The van der Waals surface area contributed by atoms with Gasteiger partial charge in [0, 0.05) is 11.8 Å². The standard InChI is InChI=1S/C22H24N4O2S2/c1-14-6-8-15(9-7-14)20(16-10-11-16)24-19(27)13-29-22-26-25-21(30-22)23-17-4-3-5-18(12-17)28-2/h3-9,12,16,20H,10-11,13H2,1-2H3,(H,23,25)(H,24,27). The van der Waals surface area contributed by atoms with Crippen LogP contribution in [-0.2, 0) is 4.79 Å². The average molecular weight is 441 g/mol. The SMILES string of the molecule is COc1cccc(Nc2nnc(SCC(=O)NC(c3ccc(C)cc3)C3CC3)s2)c1. The number of ether oxygens (including phenoxy) is 1. The van der Waals surface area contributed by atoms with Crippen LogP contribution in [0.3, 0.4) is 0 Å². The quantitative estimate of drug-likeness (QED) is 0.458. The van der Waals surface area contributed by atoms with Crippen LogP contribution in [0, 0.1) is 12.8 Å². The number of aryl methyl sites for hydroxylation is 1. The van der Waals surface area contributed by atoms with Gasteiger partial charge in [-0.25, -0.2) is 0 Å². The van der Waals surface area contributed by atoms with E-state index in [4.69, 9.17) is 4.74 Å². The van der Waals surface area contributed by atoms with E-state index in [0.29, 0.717) is 16.8 Å². The Balaban J connectivity index is 1.31. The van der Waals surface area contributed by atoms with Gasteiger partial charge < -0.3 is 15.4 Å². The molecule has 4 rings (SSSR count). The molecule has 1 amide bonds. The van der Waals surface area contributed by atoms with Gasteiger partial charge in [0.25, 0.3) is 0 Å². The summed E-state index contributed by atoms with van der Waals surface area (Å²) in [6.07, 6.45) is 2.34. The Hall–Kier alpha value is -2.58. The van der Waals surface area contributed by atoms with Crippen LogP contribution in [0.15, 0.2) is 52.9 Å². The zero-order valence-electron chi connectivity index (χ0n) is 16.9. The van der Waals surface area contributed by atoms with E-state index in [1.807, 2.05) is 24.3 Å². The molecule has 30 heavy (non-hydrogen) atoms. The first-order valence-corrected chi connectivity index (χ1v) is 11.6. The van der Waals surface area contributed by atoms with E-state index in [9.17, 15) is 4.79 Å². The first kappa shape index (κ1) is 20.7. The maximum Gasteiger partial charge on any atom is 0.230 e. The lowest BCUT2D eigenvalue weighted by atomic mass is 10.0. The fourth-order valence-electron chi connectivity index (χ4n) is 3.16. The molecule has 1 fully saturated rings. The molecule has 8 heteroatoms. The van der Waals surface area contributed by atoms with Crippen LogP contribution < -0.4 is 15.4 Å². The Morgan fingerprint density at radius 2 is 2.03 bits per heavy atom. The number of carbonyl (C=O) groups excluding carboxylic acids is 1. The van der Waals surface area contributed by atoms with Crippen molar-refractivity contribution in [2.24, 2.45) is 5.92 Å². The number of aromatic nitrogens is 2. The molecule has 1 aliphatic rings. The molecule has 6 nitrogen and oxygen atoms in total. The zero-order valence-corrected chi connectivity index (χ0v) is 18.6. The number of carbonyl (C=O) groups is 1. The zero-order chi connectivity index (χ0) is 20.9. The molecule has 1 atom stereocenters. The van der Waals surface area contributed by atoms with Crippen LogP contribution in [-0.4, -0.2) is 29.0 Å². The van der Waals surface area contributed by atoms with E-state index < -0.39 is 0 Å². The summed E-state index contributed by atoms with van der Waals surface area (Å²) in [4.78, 5) is 12.6. The van der Waals surface area contributed by atoms with Gasteiger partial charge in [0.15, 0.2) is 4.34 Å². The Bertz CT molecular complexity index is 1000. The molecule has 1 aliphatic carbocycles. The molecule has 156 valence electrons. The minimum absolute atomic E-state index is 0.0231. The van der Waals surface area contributed by atoms with Crippen LogP contribution in [0.1, 0.15) is 30.0 Å². The number of amides is 1. The summed E-state index contributed by atoms with van der Waals surface area (Å²) >= 11 is 2.83. The molecule has 3 aromatic rings. The number of nitrogens with one attached hydrogen (secondary N) is 2. The molecule has 2 aromatic carbocycles. The van der Waals surface area contributed by atoms with E-state index in [1.54, 1.807) is 7.11 Å². The number of hydrogen-bond donors (Lipinski definition) is 2. The first-order chi connectivity index (χ1) is 14.6. The minimum Gasteiger partial charge on any atom is -0.497 e. The Morgan fingerprint density at radius 3 is 2.77 bits per heavy atom. The van der Waals surface area contributed by atoms with Crippen molar-refractivity contribution in [3.8, 4) is 5.75 Å². The molecule has 0 bridgehead atoms. The molecular formula is C22H24N4O2S2. The molecular weight excluding hydrogens is 416 g/mol. The van der Waals surface area contributed by atoms with E-state index in [2.05, 4.69) is 52.0 Å². The predicted octanol–water partition coefficient (Wildman–Crippen LogP) is 4.96. The van der Waals surface area contributed by atoms with Gasteiger partial charge in [-0.2, -0.15) is 0 Å². The highest BCUT2D eigenvalue weighted by Gasteiger charge is 2.33. The van der Waals surface area contributed by atoms with E-state index in [0.717, 1.165) is 15.8 Å². The lowest BCUT2D eigenvalue weighted by molar-refractivity contribution is -0.119. The summed E-state index contributed by atoms with van der Waals surface area (Å²) in [6, 6.07) is 16.2. The molecule has 1 unspecified atom stereocenters. The fourth-order valence-corrected chi connectivity index (χ4v) is 4.75. The molecule has 1 heterocycles. The topological polar surface area (TPSA) is 76.1 Å². The normalized spacial score (nSPS) is 14.2. The second kappa shape index (κ2) is 9.49. The molecule has 1 aromatic heterocycles. The summed E-state index contributed by atoms with van der Waals surface area (Å²) in [5, 5.41) is 15.5. The third-order valence-corrected chi connectivity index (χ3v) is 6.87. The Labute approximate surface area is 184 Å². The molecule has 0 radical (unpaired) electrons. The van der Waals surface area contributed by atoms with Gasteiger partial charge >= 0.3 is 0 Å². The van der Waals surface area contributed by atoms with Crippen LogP contribution in [0.4, 0.5) is 10.8 Å². The van der Waals surface area contributed by atoms with Gasteiger partial charge in [-0.3, -0.25) is 4.79 Å². The fraction of sp³-hybridized carbons (Fsp3) is 0.318. The predicted molar refractivity (Wildman–Crippen MR) is 122 cm³/mol. The van der Waals surface area contributed by atoms with Crippen molar-refractivity contribution in [2.75, 3.05) is 18.2 Å². The lowest BCUT2D eigenvalue weighted by Gasteiger charge is -2.18. The van der Waals surface area contributed by atoms with E-state index >= 15 is 0 Å². The highest BCUT2D eigenvalue weighted by molar-refractivity contribution is 8.01. The van der Waals surface area contributed by atoms with Crippen molar-refractivity contribution in [1.29, 1.82) is 0 Å². The van der Waals surface area contributed by atoms with Gasteiger partial charge in [0.2, 0.25) is 11.0 Å². The van der Waals surface area contributed by atoms with Crippen molar-refractivity contribution >= 4 is 39.8 Å². The third-order valence-electron chi connectivity index (χ3n) is 4.90. The summed E-state index contributed by atoms with van der Waals surface area (Å²) in [5.41, 5.74) is 3.29. The van der Waals surface area contributed by atoms with Crippen molar-refractivity contribution in [3.63, 3.8) is 0 Å². The largest absolute Gasteiger partial charge is 0.497 e. The van der Waals surface area contributed by atoms with Gasteiger partial charge in [-0.15, -0.1) is 10.2 Å². The van der Waals surface area contributed by atoms with Crippen molar-refractivity contribution in [2.45, 2.75) is 30.1 Å². The maximum absolute atomic E-state index is 12.6. The van der Waals surface area contributed by atoms with Crippen LogP contribution >= 0.6 is 23.1 Å². The molecule has 0 aliphatic heterocycles. The number of hydrogen-bond acceptors (Lipinski definition) is 7. The molecule has 1 saturated carbocycles. The van der Waals surface area contributed by atoms with Gasteiger partial charge in [-0.1, -0.05) is 59.0 Å². The summed E-state index contributed by atoms with van der Waals surface area (Å²) in [5.74, 6) is 1.66. The minimum atomic E-state index is 0.0231. The molecule has 2 N–H and O–H groups in total. The third kappa shape index (κ3) is 5.52. The van der Waals surface area contributed by atoms with Crippen molar-refractivity contribution in [1.82, 2.24) is 15.5 Å². The highest BCUT2D eigenvalue weighted by atomic mass is 32.2. The van der Waals surface area contributed by atoms with E-state index in [-0.39, 0.29) is 11.9 Å². The summed E-state index contributed by atoms with van der Waals surface area (Å²) < 4.78 is 5.99. The number of thioether (sulfide) groups is 1. The van der Waals surface area contributed by atoms with Gasteiger partial charge in [-0.05, 0) is 43.4 Å². The number of anilines is 2. The highest BCUT2D eigenvalue weighted by Crippen LogP contribution is 2.41. The van der Waals surface area contributed by atoms with Crippen molar-refractivity contribution in [3.05, 3.63) is 59.7 Å². The number of benzene rings is 2. The maximum atomic E-state index is 12.6. The molecule has 0 spiro atoms. The first-order valence-electron chi connectivity index (χ1n) is 9.84. The van der Waals surface area contributed by atoms with Crippen LogP contribution in [0.5, 0.6) is 5.75 Å². The monoisotopic (exact) mass is 440 g/mol. The van der Waals surface area contributed by atoms with E-state index in [1.165, 1.54) is 47.1 Å². The summed E-state index contributed by atoms with van der Waals surface area (Å²) in [6.45, 7) is 2.07. The second-order valence-corrected chi connectivity index (χ2v) is 9.51. The number of rotatable bonds is 9.